The largest absolute Gasteiger partial charge is 0.507 e. The van der Waals surface area contributed by atoms with Gasteiger partial charge in [-0.1, -0.05) is 32.9 Å². The standard InChI is InChI=1S/C12H16O2/c1-4-9-6-5-7-10(12(9)14)11(13)8(2)3/h5-8,14H,4H2,1-3H3. The van der Waals surface area contributed by atoms with Crippen LogP contribution in [0.2, 0.25) is 0 Å². The van der Waals surface area contributed by atoms with Gasteiger partial charge in [-0.25, -0.2) is 0 Å². The van der Waals surface area contributed by atoms with E-state index in [1.165, 1.54) is 0 Å². The fraction of sp³-hybridized carbons (Fsp3) is 0.417. The third-order valence-corrected chi connectivity index (χ3v) is 2.29. The Balaban J connectivity index is 3.16. The molecule has 1 rings (SSSR count). The maximum atomic E-state index is 11.7. The molecule has 0 saturated carbocycles. The molecule has 0 aliphatic carbocycles. The summed E-state index contributed by atoms with van der Waals surface area (Å²) in [6.07, 6.45) is 0.741. The van der Waals surface area contributed by atoms with Crippen LogP contribution in [0, 0.1) is 5.92 Å². The molecular weight excluding hydrogens is 176 g/mol. The van der Waals surface area contributed by atoms with Crippen LogP contribution >= 0.6 is 0 Å². The van der Waals surface area contributed by atoms with Crippen molar-refractivity contribution in [1.29, 1.82) is 0 Å². The minimum Gasteiger partial charge on any atom is -0.507 e. The molecule has 2 nitrogen and oxygen atoms in total. The van der Waals surface area contributed by atoms with Crippen LogP contribution in [0.5, 0.6) is 5.75 Å². The zero-order chi connectivity index (χ0) is 10.7. The van der Waals surface area contributed by atoms with E-state index in [4.69, 9.17) is 0 Å². The summed E-state index contributed by atoms with van der Waals surface area (Å²) in [5, 5.41) is 9.79. The second kappa shape index (κ2) is 4.27. The first-order valence-corrected chi connectivity index (χ1v) is 4.93. The number of hydrogen-bond donors (Lipinski definition) is 1. The highest BCUT2D eigenvalue weighted by molar-refractivity contribution is 6.00. The first-order valence-electron chi connectivity index (χ1n) is 4.93. The molecule has 0 aromatic heterocycles. The summed E-state index contributed by atoms with van der Waals surface area (Å²) < 4.78 is 0. The van der Waals surface area contributed by atoms with E-state index in [-0.39, 0.29) is 17.5 Å². The van der Waals surface area contributed by atoms with E-state index in [1.54, 1.807) is 6.07 Å². The lowest BCUT2D eigenvalue weighted by atomic mass is 9.97. The molecule has 0 unspecified atom stereocenters. The van der Waals surface area contributed by atoms with Crippen molar-refractivity contribution in [2.45, 2.75) is 27.2 Å². The zero-order valence-corrected chi connectivity index (χ0v) is 8.87. The van der Waals surface area contributed by atoms with E-state index in [1.807, 2.05) is 32.9 Å². The summed E-state index contributed by atoms with van der Waals surface area (Å²) in [6, 6.07) is 5.33. The van der Waals surface area contributed by atoms with Crippen LogP contribution in [0.25, 0.3) is 0 Å². The van der Waals surface area contributed by atoms with Crippen molar-refractivity contribution in [2.24, 2.45) is 5.92 Å². The van der Waals surface area contributed by atoms with Crippen molar-refractivity contribution in [3.05, 3.63) is 29.3 Å². The van der Waals surface area contributed by atoms with Gasteiger partial charge in [-0.05, 0) is 18.1 Å². The van der Waals surface area contributed by atoms with Crippen LogP contribution < -0.4 is 0 Å². The van der Waals surface area contributed by atoms with Crippen LogP contribution in [0.4, 0.5) is 0 Å². The third kappa shape index (κ3) is 1.95. The average molecular weight is 192 g/mol. The van der Waals surface area contributed by atoms with Gasteiger partial charge in [0.2, 0.25) is 0 Å². The Kier molecular flexibility index (Phi) is 3.28. The van der Waals surface area contributed by atoms with E-state index < -0.39 is 0 Å². The average Bonchev–Trinajstić information content (AvgIpc) is 2.17. The minimum atomic E-state index is -0.0759. The number of aryl methyl sites for hydroxylation is 1. The minimum absolute atomic E-state index is 0.00204. The van der Waals surface area contributed by atoms with Crippen LogP contribution in [0.3, 0.4) is 0 Å². The van der Waals surface area contributed by atoms with Crippen LogP contribution in [-0.2, 0) is 6.42 Å². The number of carbonyl (C=O) groups excluding carboxylic acids is 1. The molecule has 0 heterocycles. The van der Waals surface area contributed by atoms with Gasteiger partial charge >= 0.3 is 0 Å². The van der Waals surface area contributed by atoms with Gasteiger partial charge in [0, 0.05) is 5.92 Å². The Hall–Kier alpha value is -1.31. The number of ketones is 1. The van der Waals surface area contributed by atoms with E-state index in [0.29, 0.717) is 5.56 Å². The monoisotopic (exact) mass is 192 g/mol. The van der Waals surface area contributed by atoms with Crippen molar-refractivity contribution < 1.29 is 9.90 Å². The molecule has 0 fully saturated rings. The first kappa shape index (κ1) is 10.8. The van der Waals surface area contributed by atoms with Gasteiger partial charge in [-0.2, -0.15) is 0 Å². The number of aromatic hydroxyl groups is 1. The molecule has 1 aromatic rings. The van der Waals surface area contributed by atoms with Gasteiger partial charge in [-0.15, -0.1) is 0 Å². The van der Waals surface area contributed by atoms with Gasteiger partial charge in [0.25, 0.3) is 0 Å². The highest BCUT2D eigenvalue weighted by Gasteiger charge is 2.15. The normalized spacial score (nSPS) is 10.6. The lowest BCUT2D eigenvalue weighted by Crippen LogP contribution is -2.08. The molecule has 76 valence electrons. The Labute approximate surface area is 84.6 Å². The van der Waals surface area contributed by atoms with E-state index >= 15 is 0 Å². The zero-order valence-electron chi connectivity index (χ0n) is 8.87. The number of hydrogen-bond acceptors (Lipinski definition) is 2. The fourth-order valence-electron chi connectivity index (χ4n) is 1.39. The fourth-order valence-corrected chi connectivity index (χ4v) is 1.39. The lowest BCUT2D eigenvalue weighted by molar-refractivity contribution is 0.0936. The number of rotatable bonds is 3. The number of Topliss-reactive ketones (excluding diaryl/α,β-unsaturated/α-hetero) is 1. The predicted octanol–water partition coefficient (Wildman–Crippen LogP) is 2.79. The Bertz CT molecular complexity index is 340. The van der Waals surface area contributed by atoms with Crippen LogP contribution in [0.15, 0.2) is 18.2 Å². The molecule has 14 heavy (non-hydrogen) atoms. The SMILES string of the molecule is CCc1cccc(C(=O)C(C)C)c1O. The van der Waals surface area contributed by atoms with E-state index in [2.05, 4.69) is 0 Å². The highest BCUT2D eigenvalue weighted by atomic mass is 16.3. The quantitative estimate of drug-likeness (QED) is 0.748. The maximum absolute atomic E-state index is 11.7. The Morgan fingerprint density at radius 1 is 1.43 bits per heavy atom. The third-order valence-electron chi connectivity index (χ3n) is 2.29. The van der Waals surface area contributed by atoms with Crippen molar-refractivity contribution in [3.63, 3.8) is 0 Å². The van der Waals surface area contributed by atoms with Gasteiger partial charge < -0.3 is 5.11 Å². The number of para-hydroxylation sites is 1. The predicted molar refractivity (Wildman–Crippen MR) is 56.7 cm³/mol. The molecule has 0 bridgehead atoms. The molecular formula is C12H16O2. The van der Waals surface area contributed by atoms with Crippen molar-refractivity contribution in [3.8, 4) is 5.75 Å². The van der Waals surface area contributed by atoms with Crippen molar-refractivity contribution in [1.82, 2.24) is 0 Å². The first-order chi connectivity index (χ1) is 6.57. The summed E-state index contributed by atoms with van der Waals surface area (Å²) in [5.74, 6) is 0.0690. The molecule has 0 saturated heterocycles. The van der Waals surface area contributed by atoms with Crippen LogP contribution in [0.1, 0.15) is 36.7 Å². The Morgan fingerprint density at radius 3 is 2.57 bits per heavy atom. The van der Waals surface area contributed by atoms with E-state index in [0.717, 1.165) is 12.0 Å². The van der Waals surface area contributed by atoms with E-state index in [9.17, 15) is 9.90 Å². The number of phenolic OH excluding ortho intramolecular Hbond substituents is 1. The molecule has 0 amide bonds. The molecule has 1 N–H and O–H groups in total. The molecule has 0 spiro atoms. The van der Waals surface area contributed by atoms with Gasteiger partial charge in [0.05, 0.1) is 5.56 Å². The summed E-state index contributed by atoms with van der Waals surface area (Å²) in [4.78, 5) is 11.7. The summed E-state index contributed by atoms with van der Waals surface area (Å²) in [5.41, 5.74) is 1.27. The van der Waals surface area contributed by atoms with Gasteiger partial charge in [0.15, 0.2) is 5.78 Å². The highest BCUT2D eigenvalue weighted by Crippen LogP contribution is 2.25. The van der Waals surface area contributed by atoms with Gasteiger partial charge in [0.1, 0.15) is 5.75 Å². The molecule has 1 aromatic carbocycles. The Morgan fingerprint density at radius 2 is 2.07 bits per heavy atom. The summed E-state index contributed by atoms with van der Waals surface area (Å²) in [7, 11) is 0. The van der Waals surface area contributed by atoms with Gasteiger partial charge in [-0.3, -0.25) is 4.79 Å². The number of benzene rings is 1. The topological polar surface area (TPSA) is 37.3 Å². The number of carbonyl (C=O) groups is 1. The molecule has 0 radical (unpaired) electrons. The molecule has 0 atom stereocenters. The van der Waals surface area contributed by atoms with Crippen molar-refractivity contribution >= 4 is 5.78 Å². The second-order valence-corrected chi connectivity index (χ2v) is 3.69. The summed E-state index contributed by atoms with van der Waals surface area (Å²) >= 11 is 0. The van der Waals surface area contributed by atoms with Crippen molar-refractivity contribution in [2.75, 3.05) is 0 Å². The molecule has 0 aliphatic rings. The smallest absolute Gasteiger partial charge is 0.169 e. The molecule has 0 aliphatic heterocycles. The summed E-state index contributed by atoms with van der Waals surface area (Å²) in [6.45, 7) is 5.62. The second-order valence-electron chi connectivity index (χ2n) is 3.69. The maximum Gasteiger partial charge on any atom is 0.169 e. The number of phenols is 1. The lowest BCUT2D eigenvalue weighted by Gasteiger charge is -2.09. The van der Waals surface area contributed by atoms with Crippen LogP contribution in [-0.4, -0.2) is 10.9 Å². The molecule has 2 heteroatoms.